The van der Waals surface area contributed by atoms with Crippen LogP contribution in [0.3, 0.4) is 0 Å². The lowest BCUT2D eigenvalue weighted by Crippen LogP contribution is -2.45. The Hall–Kier alpha value is -3.79. The normalized spacial score (nSPS) is 21.7. The highest BCUT2D eigenvalue weighted by Crippen LogP contribution is 2.59. The fraction of sp³-hybridized carbons (Fsp3) is 0.345. The van der Waals surface area contributed by atoms with Gasteiger partial charge in [0.05, 0.1) is 41.3 Å². The molecule has 10 heteroatoms. The van der Waals surface area contributed by atoms with Crippen LogP contribution in [0.1, 0.15) is 42.5 Å². The molecule has 2 aliphatic rings. The highest BCUT2D eigenvalue weighted by molar-refractivity contribution is 9.10. The molecule has 0 unspecified atom stereocenters. The van der Waals surface area contributed by atoms with Crippen molar-refractivity contribution in [1.29, 1.82) is 0 Å². The smallest absolute Gasteiger partial charge is 0.245 e. The van der Waals surface area contributed by atoms with Crippen LogP contribution >= 0.6 is 15.9 Å². The van der Waals surface area contributed by atoms with Gasteiger partial charge in [0.1, 0.15) is 17.0 Å². The SMILES string of the molecule is C=Cc1nn(CC(=O)N2[C@H](C(=O)Cc3nc(Br)ccc3C)C[C@@]3(C)C[C@@H]23)c2cnc(-c3cnc(C)nc3)cc12. The Morgan fingerprint density at radius 2 is 1.92 bits per heavy atom. The minimum atomic E-state index is -0.464. The van der Waals surface area contributed by atoms with E-state index in [0.717, 1.165) is 34.1 Å². The maximum atomic E-state index is 13.8. The Bertz CT molecular complexity index is 1650. The second-order valence-corrected chi connectivity index (χ2v) is 11.6. The standard InChI is InChI=1S/C29H28BrN7O2/c1-5-20-19-8-22(18-12-31-17(3)32-13-18)33-14-24(19)36(35-20)15-28(39)37-23(10-29(4)11-26(29)37)25(38)9-21-16(2)6-7-27(30)34-21/h5-8,12-14,23,26H,1,9-11,15H2,2-4H3/t23-,26+,29-/m0/s1. The summed E-state index contributed by atoms with van der Waals surface area (Å²) in [6.45, 7) is 9.87. The summed E-state index contributed by atoms with van der Waals surface area (Å²) in [5, 5.41) is 5.50. The number of carbonyl (C=O) groups excluding carboxylic acids is 2. The lowest BCUT2D eigenvalue weighted by atomic mass is 9.96. The first-order valence-electron chi connectivity index (χ1n) is 12.9. The molecule has 0 aromatic carbocycles. The van der Waals surface area contributed by atoms with Crippen molar-refractivity contribution in [2.45, 2.75) is 58.7 Å². The summed E-state index contributed by atoms with van der Waals surface area (Å²) in [7, 11) is 0. The van der Waals surface area contributed by atoms with Crippen molar-refractivity contribution in [3.05, 3.63) is 70.7 Å². The number of nitrogens with zero attached hydrogens (tertiary/aromatic N) is 7. The fourth-order valence-electron chi connectivity index (χ4n) is 5.68. The van der Waals surface area contributed by atoms with E-state index in [1.165, 1.54) is 0 Å². The van der Waals surface area contributed by atoms with Gasteiger partial charge >= 0.3 is 0 Å². The second kappa shape index (κ2) is 9.44. The van der Waals surface area contributed by atoms with E-state index >= 15 is 0 Å². The highest BCUT2D eigenvalue weighted by atomic mass is 79.9. The number of Topliss-reactive ketones (excluding diaryl/α,β-unsaturated/α-hetero) is 1. The molecule has 1 aliphatic carbocycles. The number of rotatable bonds is 7. The third kappa shape index (κ3) is 4.56. The van der Waals surface area contributed by atoms with E-state index in [2.05, 4.69) is 54.5 Å². The van der Waals surface area contributed by atoms with Gasteiger partial charge in [0.25, 0.3) is 0 Å². The topological polar surface area (TPSA) is 107 Å². The molecule has 1 saturated carbocycles. The van der Waals surface area contributed by atoms with E-state index in [0.29, 0.717) is 28.2 Å². The maximum absolute atomic E-state index is 13.8. The molecule has 0 radical (unpaired) electrons. The van der Waals surface area contributed by atoms with E-state index in [9.17, 15) is 9.59 Å². The number of hydrogen-bond acceptors (Lipinski definition) is 7. The number of amides is 1. The zero-order valence-electron chi connectivity index (χ0n) is 22.1. The number of likely N-dealkylation sites (tertiary alicyclic amines) is 1. The van der Waals surface area contributed by atoms with Crippen molar-refractivity contribution in [1.82, 2.24) is 34.6 Å². The molecule has 3 atom stereocenters. The van der Waals surface area contributed by atoms with E-state index in [4.69, 9.17) is 0 Å². The zero-order chi connectivity index (χ0) is 27.5. The number of pyridine rings is 2. The maximum Gasteiger partial charge on any atom is 0.245 e. The number of halogens is 1. The van der Waals surface area contributed by atoms with Gasteiger partial charge < -0.3 is 4.90 Å². The van der Waals surface area contributed by atoms with Crippen LogP contribution in [0.25, 0.3) is 28.2 Å². The molecule has 4 aromatic rings. The van der Waals surface area contributed by atoms with Gasteiger partial charge in [-0.1, -0.05) is 19.6 Å². The molecule has 1 saturated heterocycles. The van der Waals surface area contributed by atoms with Crippen LogP contribution in [-0.4, -0.2) is 58.4 Å². The number of aryl methyl sites for hydroxylation is 2. The summed E-state index contributed by atoms with van der Waals surface area (Å²) < 4.78 is 2.36. The minimum absolute atomic E-state index is 0.0131. The van der Waals surface area contributed by atoms with Gasteiger partial charge in [0.2, 0.25) is 5.91 Å². The average molecular weight is 586 g/mol. The third-order valence-electron chi connectivity index (χ3n) is 8.02. The number of aromatic nitrogens is 6. The number of ketones is 1. The molecular weight excluding hydrogens is 558 g/mol. The van der Waals surface area contributed by atoms with Crippen molar-refractivity contribution >= 4 is 44.6 Å². The molecule has 6 rings (SSSR count). The van der Waals surface area contributed by atoms with Crippen LogP contribution in [0.5, 0.6) is 0 Å². The lowest BCUT2D eigenvalue weighted by Gasteiger charge is -2.27. The van der Waals surface area contributed by atoms with Crippen LogP contribution < -0.4 is 0 Å². The molecule has 4 aromatic heterocycles. The summed E-state index contributed by atoms with van der Waals surface area (Å²) >= 11 is 3.40. The van der Waals surface area contributed by atoms with Crippen LogP contribution in [-0.2, 0) is 22.6 Å². The van der Waals surface area contributed by atoms with E-state index in [1.54, 1.807) is 29.3 Å². The van der Waals surface area contributed by atoms with Crippen LogP contribution in [0, 0.1) is 19.3 Å². The van der Waals surface area contributed by atoms with Gasteiger partial charge in [-0.3, -0.25) is 19.3 Å². The molecule has 39 heavy (non-hydrogen) atoms. The molecule has 0 N–H and O–H groups in total. The first kappa shape index (κ1) is 25.5. The monoisotopic (exact) mass is 585 g/mol. The molecule has 5 heterocycles. The number of piperidine rings is 1. The highest BCUT2D eigenvalue weighted by Gasteiger charge is 2.64. The van der Waals surface area contributed by atoms with Crippen molar-refractivity contribution in [2.24, 2.45) is 5.41 Å². The lowest BCUT2D eigenvalue weighted by molar-refractivity contribution is -0.139. The summed E-state index contributed by atoms with van der Waals surface area (Å²) in [4.78, 5) is 46.7. The summed E-state index contributed by atoms with van der Waals surface area (Å²) in [5.74, 6) is 0.593. The Morgan fingerprint density at radius 1 is 1.15 bits per heavy atom. The molecule has 2 fully saturated rings. The first-order valence-corrected chi connectivity index (χ1v) is 13.7. The summed E-state index contributed by atoms with van der Waals surface area (Å²) in [5.41, 5.74) is 4.58. The molecular formula is C29H28BrN7O2. The molecule has 198 valence electrons. The molecule has 0 bridgehead atoms. The number of hydrogen-bond donors (Lipinski definition) is 0. The fourth-order valence-corrected chi connectivity index (χ4v) is 6.02. The molecule has 9 nitrogen and oxygen atoms in total. The van der Waals surface area contributed by atoms with Crippen LogP contribution in [0.2, 0.25) is 0 Å². The Balaban J connectivity index is 1.27. The van der Waals surface area contributed by atoms with Gasteiger partial charge in [-0.15, -0.1) is 0 Å². The van der Waals surface area contributed by atoms with Crippen LogP contribution in [0.4, 0.5) is 0 Å². The van der Waals surface area contributed by atoms with Gasteiger partial charge in [-0.2, -0.15) is 5.10 Å². The van der Waals surface area contributed by atoms with Crippen molar-refractivity contribution in [2.75, 3.05) is 0 Å². The van der Waals surface area contributed by atoms with Crippen molar-refractivity contribution in [3.63, 3.8) is 0 Å². The molecule has 1 aliphatic heterocycles. The van der Waals surface area contributed by atoms with E-state index in [-0.39, 0.29) is 36.1 Å². The van der Waals surface area contributed by atoms with Gasteiger partial charge in [-0.25, -0.2) is 15.0 Å². The summed E-state index contributed by atoms with van der Waals surface area (Å²) in [6, 6.07) is 5.34. The molecule has 0 spiro atoms. The van der Waals surface area contributed by atoms with E-state index in [1.807, 2.05) is 36.9 Å². The second-order valence-electron chi connectivity index (χ2n) is 10.8. The van der Waals surface area contributed by atoms with Gasteiger partial charge in [-0.05, 0) is 71.8 Å². The molecule has 1 amide bonds. The van der Waals surface area contributed by atoms with Crippen molar-refractivity contribution < 1.29 is 9.59 Å². The van der Waals surface area contributed by atoms with E-state index < -0.39 is 6.04 Å². The number of fused-ring (bicyclic) bond motifs is 2. The van der Waals surface area contributed by atoms with Crippen LogP contribution in [0.15, 0.2) is 48.0 Å². The largest absolute Gasteiger partial charge is 0.327 e. The number of carbonyl (C=O) groups is 2. The summed E-state index contributed by atoms with van der Waals surface area (Å²) in [6.07, 6.45) is 8.65. The minimum Gasteiger partial charge on any atom is -0.327 e. The predicted molar refractivity (Wildman–Crippen MR) is 151 cm³/mol. The Labute approximate surface area is 234 Å². The predicted octanol–water partition coefficient (Wildman–Crippen LogP) is 4.50. The Kier molecular flexibility index (Phi) is 6.17. The van der Waals surface area contributed by atoms with Gasteiger partial charge in [0, 0.05) is 29.4 Å². The average Bonchev–Trinajstić information content (AvgIpc) is 3.30. The Morgan fingerprint density at radius 3 is 2.67 bits per heavy atom. The van der Waals surface area contributed by atoms with Crippen molar-refractivity contribution in [3.8, 4) is 11.3 Å². The third-order valence-corrected chi connectivity index (χ3v) is 8.47. The first-order chi connectivity index (χ1) is 18.7. The van der Waals surface area contributed by atoms with Gasteiger partial charge in [0.15, 0.2) is 5.78 Å². The zero-order valence-corrected chi connectivity index (χ0v) is 23.6. The quantitative estimate of drug-likeness (QED) is 0.294.